The molecule has 0 saturated heterocycles. The molecule has 0 spiro atoms. The van der Waals surface area contributed by atoms with E-state index in [0.717, 1.165) is 77.2 Å². The predicted molar refractivity (Wildman–Crippen MR) is 126 cm³/mol. The summed E-state index contributed by atoms with van der Waals surface area (Å²) in [6.07, 6.45) is 6.23. The van der Waals surface area contributed by atoms with Gasteiger partial charge in [0.05, 0.1) is 10.3 Å². The van der Waals surface area contributed by atoms with E-state index in [1.165, 1.54) is 0 Å². The molecule has 0 unspecified atom stereocenters. The Morgan fingerprint density at radius 2 is 2.07 bits per heavy atom. The second kappa shape index (κ2) is 9.06. The Labute approximate surface area is 181 Å². The molecule has 6 heteroatoms. The second-order valence-corrected chi connectivity index (χ2v) is 8.72. The summed E-state index contributed by atoms with van der Waals surface area (Å²) in [7, 11) is 0. The highest BCUT2D eigenvalue weighted by Crippen LogP contribution is 2.37. The lowest BCUT2D eigenvalue weighted by atomic mass is 9.98. The van der Waals surface area contributed by atoms with Gasteiger partial charge >= 0.3 is 0 Å². The van der Waals surface area contributed by atoms with Crippen LogP contribution in [0.4, 0.5) is 5.00 Å². The quantitative estimate of drug-likeness (QED) is 0.378. The number of thiophene rings is 1. The zero-order valence-corrected chi connectivity index (χ0v) is 18.4. The highest BCUT2D eigenvalue weighted by Gasteiger charge is 2.23. The first kappa shape index (κ1) is 20.7. The van der Waals surface area contributed by atoms with Crippen molar-refractivity contribution in [2.24, 2.45) is 0 Å². The first-order chi connectivity index (χ1) is 14.6. The van der Waals surface area contributed by atoms with Crippen molar-refractivity contribution in [2.75, 3.05) is 31.5 Å². The Morgan fingerprint density at radius 1 is 1.23 bits per heavy atom. The first-order valence-corrected chi connectivity index (χ1v) is 11.5. The maximum atomic E-state index is 13.5. The lowest BCUT2D eigenvalue weighted by Crippen LogP contribution is -2.25. The molecule has 4 rings (SSSR count). The average Bonchev–Trinajstić information content (AvgIpc) is 3.33. The largest absolute Gasteiger partial charge is 0.376 e. The summed E-state index contributed by atoms with van der Waals surface area (Å²) in [4.78, 5) is 20.2. The van der Waals surface area contributed by atoms with Gasteiger partial charge < -0.3 is 15.6 Å². The van der Waals surface area contributed by atoms with E-state index < -0.39 is 0 Å². The molecule has 3 aromatic rings. The Hall–Kier alpha value is -2.57. The van der Waals surface area contributed by atoms with Crippen molar-refractivity contribution in [3.8, 4) is 0 Å². The molecule has 0 atom stereocenters. The van der Waals surface area contributed by atoms with Crippen molar-refractivity contribution >= 4 is 37.9 Å². The smallest absolute Gasteiger partial charge is 0.196 e. The molecule has 30 heavy (non-hydrogen) atoms. The highest BCUT2D eigenvalue weighted by molar-refractivity contribution is 7.23. The van der Waals surface area contributed by atoms with Crippen molar-refractivity contribution in [1.29, 1.82) is 5.41 Å². The molecular formula is C24H28N4OS. The third kappa shape index (κ3) is 4.02. The molecule has 0 aliphatic heterocycles. The Balaban J connectivity index is 1.60. The molecule has 1 aromatic carbocycles. The Morgan fingerprint density at radius 3 is 2.87 bits per heavy atom. The summed E-state index contributed by atoms with van der Waals surface area (Å²) in [6.45, 7) is 8.37. The fourth-order valence-corrected chi connectivity index (χ4v) is 5.21. The van der Waals surface area contributed by atoms with Crippen LogP contribution < -0.4 is 5.32 Å². The minimum atomic E-state index is 0.0416. The number of benzene rings is 1. The van der Waals surface area contributed by atoms with Crippen LogP contribution in [0, 0.1) is 5.41 Å². The fourth-order valence-electron chi connectivity index (χ4n) is 4.12. The van der Waals surface area contributed by atoms with Gasteiger partial charge in [0.1, 0.15) is 5.00 Å². The number of aromatic nitrogens is 1. The number of hydrogen-bond donors (Lipinski definition) is 2. The molecule has 0 bridgehead atoms. The number of carbonyl (C=O) groups excluding carboxylic acids is 1. The van der Waals surface area contributed by atoms with Crippen molar-refractivity contribution in [3.63, 3.8) is 0 Å². The van der Waals surface area contributed by atoms with Crippen LogP contribution in [0.5, 0.6) is 0 Å². The summed E-state index contributed by atoms with van der Waals surface area (Å²) in [5.41, 5.74) is 4.22. The van der Waals surface area contributed by atoms with E-state index in [2.05, 4.69) is 29.0 Å². The summed E-state index contributed by atoms with van der Waals surface area (Å²) in [5, 5.41) is 13.4. The zero-order valence-electron chi connectivity index (χ0n) is 17.6. The topological polar surface area (TPSA) is 69.1 Å². The zero-order chi connectivity index (χ0) is 21.1. The maximum absolute atomic E-state index is 13.5. The number of fused-ring (bicyclic) bond motifs is 2. The molecule has 2 N–H and O–H groups in total. The molecule has 0 radical (unpaired) electrons. The maximum Gasteiger partial charge on any atom is 0.196 e. The summed E-state index contributed by atoms with van der Waals surface area (Å²) >= 11 is 1.60. The summed E-state index contributed by atoms with van der Waals surface area (Å²) in [5.74, 6) is 0.0416. The number of carbonyl (C=O) groups is 1. The molecule has 2 heterocycles. The van der Waals surface area contributed by atoms with Gasteiger partial charge in [0.2, 0.25) is 0 Å². The third-order valence-electron chi connectivity index (χ3n) is 5.89. The predicted octanol–water partition coefficient (Wildman–Crippen LogP) is 4.99. The molecule has 0 saturated carbocycles. The van der Waals surface area contributed by atoms with Gasteiger partial charge in [0, 0.05) is 35.6 Å². The van der Waals surface area contributed by atoms with Crippen LogP contribution in [0.15, 0.2) is 36.7 Å². The van der Waals surface area contributed by atoms with E-state index in [9.17, 15) is 4.79 Å². The van der Waals surface area contributed by atoms with E-state index in [4.69, 9.17) is 5.41 Å². The van der Waals surface area contributed by atoms with Crippen LogP contribution in [0.25, 0.3) is 10.1 Å². The number of pyridine rings is 1. The van der Waals surface area contributed by atoms with Crippen LogP contribution in [0.3, 0.4) is 0 Å². The van der Waals surface area contributed by atoms with Crippen molar-refractivity contribution in [3.05, 3.63) is 58.9 Å². The fraction of sp³-hybridized carbons (Fsp3) is 0.375. The molecular weight excluding hydrogens is 392 g/mol. The number of ketones is 1. The number of hydrogen-bond acceptors (Lipinski definition) is 6. The van der Waals surface area contributed by atoms with E-state index >= 15 is 0 Å². The molecule has 5 nitrogen and oxygen atoms in total. The van der Waals surface area contributed by atoms with Crippen LogP contribution in [0.2, 0.25) is 0 Å². The number of aryl methyl sites for hydroxylation is 1. The summed E-state index contributed by atoms with van der Waals surface area (Å²) < 4.78 is 1.02. The number of anilines is 1. The van der Waals surface area contributed by atoms with E-state index in [0.29, 0.717) is 11.3 Å². The highest BCUT2D eigenvalue weighted by atomic mass is 32.1. The van der Waals surface area contributed by atoms with Crippen LogP contribution in [-0.4, -0.2) is 47.6 Å². The SMILES string of the molecule is CCN(CC)CCCNc1sc2cnccc2c1C(=O)c1ccc2c(c1)CCC2=N. The van der Waals surface area contributed by atoms with Gasteiger partial charge in [-0.05, 0) is 62.2 Å². The molecule has 2 aromatic heterocycles. The van der Waals surface area contributed by atoms with Gasteiger partial charge in [0.15, 0.2) is 5.78 Å². The Bertz CT molecular complexity index is 1080. The molecule has 156 valence electrons. The van der Waals surface area contributed by atoms with Gasteiger partial charge in [-0.1, -0.05) is 26.0 Å². The second-order valence-electron chi connectivity index (χ2n) is 7.66. The van der Waals surface area contributed by atoms with Gasteiger partial charge in [-0.3, -0.25) is 9.78 Å². The number of nitrogens with one attached hydrogen (secondary N) is 2. The van der Waals surface area contributed by atoms with Gasteiger partial charge in [-0.15, -0.1) is 11.3 Å². The lowest BCUT2D eigenvalue weighted by Gasteiger charge is -2.17. The summed E-state index contributed by atoms with van der Waals surface area (Å²) in [6, 6.07) is 7.72. The average molecular weight is 421 g/mol. The van der Waals surface area contributed by atoms with Crippen molar-refractivity contribution in [2.45, 2.75) is 33.1 Å². The van der Waals surface area contributed by atoms with Crippen LogP contribution >= 0.6 is 11.3 Å². The van der Waals surface area contributed by atoms with Crippen molar-refractivity contribution < 1.29 is 4.79 Å². The monoisotopic (exact) mass is 420 g/mol. The molecule has 0 fully saturated rings. The minimum Gasteiger partial charge on any atom is -0.376 e. The van der Waals surface area contributed by atoms with Gasteiger partial charge in [-0.25, -0.2) is 0 Å². The normalized spacial score (nSPS) is 13.2. The van der Waals surface area contributed by atoms with E-state index in [1.807, 2.05) is 30.5 Å². The number of nitrogens with zero attached hydrogens (tertiary/aromatic N) is 2. The molecule has 1 aliphatic carbocycles. The molecule has 1 aliphatic rings. The van der Waals surface area contributed by atoms with Gasteiger partial charge in [-0.2, -0.15) is 0 Å². The van der Waals surface area contributed by atoms with E-state index in [1.54, 1.807) is 17.5 Å². The van der Waals surface area contributed by atoms with Crippen LogP contribution in [0.1, 0.15) is 53.7 Å². The minimum absolute atomic E-state index is 0.0416. The van der Waals surface area contributed by atoms with Gasteiger partial charge in [0.25, 0.3) is 0 Å². The molecule has 0 amide bonds. The lowest BCUT2D eigenvalue weighted by molar-refractivity contribution is 0.104. The third-order valence-corrected chi connectivity index (χ3v) is 6.99. The van der Waals surface area contributed by atoms with E-state index in [-0.39, 0.29) is 5.78 Å². The van der Waals surface area contributed by atoms with Crippen molar-refractivity contribution in [1.82, 2.24) is 9.88 Å². The standard InChI is InChI=1S/C24H28N4OS/c1-3-28(4-2)13-5-11-27-24-22(19-10-12-26-15-21(19)30-24)23(29)17-6-8-18-16(14-17)7-9-20(18)25/h6,8,10,12,14-15,25,27H,3-5,7,9,11,13H2,1-2H3. The Kier molecular flexibility index (Phi) is 6.25. The first-order valence-electron chi connectivity index (χ1n) is 10.7. The van der Waals surface area contributed by atoms with Crippen LogP contribution in [-0.2, 0) is 6.42 Å². The number of rotatable bonds is 9.